The molecule has 0 fully saturated rings. The Labute approximate surface area is 153 Å². The van der Waals surface area contributed by atoms with Crippen LogP contribution in [0.3, 0.4) is 0 Å². The second kappa shape index (κ2) is 8.82. The molecule has 5 nitrogen and oxygen atoms in total. The molecule has 2 aromatic carbocycles. The van der Waals surface area contributed by atoms with Crippen molar-refractivity contribution in [3.8, 4) is 11.5 Å². The van der Waals surface area contributed by atoms with Gasteiger partial charge in [-0.05, 0) is 51.8 Å². The first kappa shape index (κ1) is 19.2. The van der Waals surface area contributed by atoms with E-state index >= 15 is 0 Å². The van der Waals surface area contributed by atoms with Crippen molar-refractivity contribution in [2.45, 2.75) is 12.5 Å². The van der Waals surface area contributed by atoms with E-state index in [-0.39, 0.29) is 24.7 Å². The fourth-order valence-corrected chi connectivity index (χ4v) is 2.74. The predicted octanol–water partition coefficient (Wildman–Crippen LogP) is 3.00. The van der Waals surface area contributed by atoms with Crippen molar-refractivity contribution in [3.63, 3.8) is 0 Å². The van der Waals surface area contributed by atoms with Crippen LogP contribution in [0.15, 0.2) is 40.9 Å². The van der Waals surface area contributed by atoms with Crippen LogP contribution in [0.4, 0.5) is 4.39 Å². The third-order valence-electron chi connectivity index (χ3n) is 3.64. The van der Waals surface area contributed by atoms with Crippen LogP contribution in [0.2, 0.25) is 0 Å². The molecule has 0 saturated heterocycles. The molecule has 7 heteroatoms. The highest BCUT2D eigenvalue weighted by Gasteiger charge is 2.16. The SMILES string of the molecule is COc1ccc(OC)c(C(O)CNC(=O)Cc2ccc(F)c(Br)c2)c1. The van der Waals surface area contributed by atoms with E-state index in [2.05, 4.69) is 21.2 Å². The minimum absolute atomic E-state index is 0.0186. The summed E-state index contributed by atoms with van der Waals surface area (Å²) in [5.41, 5.74) is 1.19. The first-order valence-corrected chi connectivity index (χ1v) is 8.34. The maximum absolute atomic E-state index is 13.2. The number of ether oxygens (including phenoxy) is 2. The smallest absolute Gasteiger partial charge is 0.224 e. The van der Waals surface area contributed by atoms with Gasteiger partial charge in [0.15, 0.2) is 0 Å². The van der Waals surface area contributed by atoms with Crippen molar-refractivity contribution in [1.82, 2.24) is 5.32 Å². The molecule has 2 N–H and O–H groups in total. The highest BCUT2D eigenvalue weighted by atomic mass is 79.9. The van der Waals surface area contributed by atoms with Crippen LogP contribution in [0.5, 0.6) is 11.5 Å². The van der Waals surface area contributed by atoms with E-state index in [0.29, 0.717) is 27.1 Å². The van der Waals surface area contributed by atoms with Gasteiger partial charge in [-0.2, -0.15) is 0 Å². The van der Waals surface area contributed by atoms with Crippen molar-refractivity contribution in [1.29, 1.82) is 0 Å². The van der Waals surface area contributed by atoms with Gasteiger partial charge in [-0.3, -0.25) is 4.79 Å². The van der Waals surface area contributed by atoms with Crippen LogP contribution in [0, 0.1) is 5.82 Å². The number of nitrogens with one attached hydrogen (secondary N) is 1. The molecule has 0 aromatic heterocycles. The molecule has 0 heterocycles. The van der Waals surface area contributed by atoms with Gasteiger partial charge in [-0.15, -0.1) is 0 Å². The third-order valence-corrected chi connectivity index (χ3v) is 4.24. The average molecular weight is 412 g/mol. The number of carbonyl (C=O) groups is 1. The van der Waals surface area contributed by atoms with Gasteiger partial charge in [0.2, 0.25) is 5.91 Å². The molecule has 1 unspecified atom stereocenters. The molecular weight excluding hydrogens is 393 g/mol. The van der Waals surface area contributed by atoms with Crippen molar-refractivity contribution in [2.75, 3.05) is 20.8 Å². The van der Waals surface area contributed by atoms with Gasteiger partial charge in [0.05, 0.1) is 31.2 Å². The monoisotopic (exact) mass is 411 g/mol. The summed E-state index contributed by atoms with van der Waals surface area (Å²) in [6.45, 7) is 0.0186. The number of rotatable bonds is 7. The summed E-state index contributed by atoms with van der Waals surface area (Å²) in [5, 5.41) is 13.0. The normalized spacial score (nSPS) is 11.7. The number of amides is 1. The minimum atomic E-state index is -0.950. The van der Waals surface area contributed by atoms with Crippen molar-refractivity contribution >= 4 is 21.8 Å². The molecule has 0 radical (unpaired) electrons. The number of aliphatic hydroxyl groups is 1. The topological polar surface area (TPSA) is 67.8 Å². The number of hydrogen-bond acceptors (Lipinski definition) is 4. The summed E-state index contributed by atoms with van der Waals surface area (Å²) in [4.78, 5) is 12.0. The molecule has 0 aliphatic carbocycles. The van der Waals surface area contributed by atoms with E-state index in [0.717, 1.165) is 0 Å². The number of carbonyl (C=O) groups excluding carboxylic acids is 1. The Morgan fingerprint density at radius 1 is 1.24 bits per heavy atom. The Kier molecular flexibility index (Phi) is 6.78. The minimum Gasteiger partial charge on any atom is -0.497 e. The molecule has 0 aliphatic heterocycles. The third kappa shape index (κ3) is 5.17. The highest BCUT2D eigenvalue weighted by molar-refractivity contribution is 9.10. The van der Waals surface area contributed by atoms with Crippen LogP contribution < -0.4 is 14.8 Å². The zero-order valence-corrected chi connectivity index (χ0v) is 15.5. The lowest BCUT2D eigenvalue weighted by Crippen LogP contribution is -2.29. The van der Waals surface area contributed by atoms with Crippen LogP contribution in [0.1, 0.15) is 17.2 Å². The Morgan fingerprint density at radius 2 is 2.00 bits per heavy atom. The van der Waals surface area contributed by atoms with Crippen molar-refractivity contribution in [2.24, 2.45) is 0 Å². The maximum atomic E-state index is 13.2. The first-order valence-electron chi connectivity index (χ1n) is 7.55. The Hall–Kier alpha value is -2.12. The number of methoxy groups -OCH3 is 2. The van der Waals surface area contributed by atoms with Gasteiger partial charge in [0.25, 0.3) is 0 Å². The van der Waals surface area contributed by atoms with Gasteiger partial charge in [0, 0.05) is 12.1 Å². The molecule has 0 bridgehead atoms. The fourth-order valence-electron chi connectivity index (χ4n) is 2.32. The second-order valence-corrected chi connectivity index (χ2v) is 6.21. The molecule has 0 spiro atoms. The Bertz CT molecular complexity index is 754. The number of benzene rings is 2. The highest BCUT2D eigenvalue weighted by Crippen LogP contribution is 2.29. The number of aliphatic hydroxyl groups excluding tert-OH is 1. The molecule has 1 atom stereocenters. The van der Waals surface area contributed by atoms with Crippen LogP contribution >= 0.6 is 15.9 Å². The quantitative estimate of drug-likeness (QED) is 0.734. The van der Waals surface area contributed by atoms with E-state index in [1.54, 1.807) is 30.3 Å². The van der Waals surface area contributed by atoms with Crippen LogP contribution in [-0.2, 0) is 11.2 Å². The van der Waals surface area contributed by atoms with Crippen molar-refractivity contribution < 1.29 is 23.8 Å². The van der Waals surface area contributed by atoms with Gasteiger partial charge in [-0.1, -0.05) is 6.07 Å². The summed E-state index contributed by atoms with van der Waals surface area (Å²) in [7, 11) is 3.03. The first-order chi connectivity index (χ1) is 11.9. The van der Waals surface area contributed by atoms with Crippen molar-refractivity contribution in [3.05, 3.63) is 57.8 Å². The molecule has 0 saturated carbocycles. The van der Waals surface area contributed by atoms with E-state index in [4.69, 9.17) is 9.47 Å². The van der Waals surface area contributed by atoms with Gasteiger partial charge < -0.3 is 19.9 Å². The molecule has 2 aromatic rings. The standard InChI is InChI=1S/C18H19BrFNO4/c1-24-12-4-6-17(25-2)13(9-12)16(22)10-21-18(23)8-11-3-5-15(20)14(19)7-11/h3-7,9,16,22H,8,10H2,1-2H3,(H,21,23). The lowest BCUT2D eigenvalue weighted by Gasteiger charge is -2.16. The average Bonchev–Trinajstić information content (AvgIpc) is 2.62. The molecule has 25 heavy (non-hydrogen) atoms. The van der Waals surface area contributed by atoms with E-state index < -0.39 is 6.10 Å². The van der Waals surface area contributed by atoms with Crippen LogP contribution in [-0.4, -0.2) is 31.8 Å². The summed E-state index contributed by atoms with van der Waals surface area (Å²) < 4.78 is 23.9. The number of hydrogen-bond donors (Lipinski definition) is 2. The summed E-state index contributed by atoms with van der Waals surface area (Å²) in [5.74, 6) is 0.423. The molecule has 134 valence electrons. The van der Waals surface area contributed by atoms with Gasteiger partial charge >= 0.3 is 0 Å². The largest absolute Gasteiger partial charge is 0.497 e. The Morgan fingerprint density at radius 3 is 2.64 bits per heavy atom. The molecular formula is C18H19BrFNO4. The Balaban J connectivity index is 1.98. The zero-order valence-electron chi connectivity index (χ0n) is 13.9. The van der Waals surface area contributed by atoms with Gasteiger partial charge in [0.1, 0.15) is 17.3 Å². The molecule has 2 rings (SSSR count). The predicted molar refractivity (Wildman–Crippen MR) is 95.3 cm³/mol. The fraction of sp³-hybridized carbons (Fsp3) is 0.278. The maximum Gasteiger partial charge on any atom is 0.224 e. The lowest BCUT2D eigenvalue weighted by atomic mass is 10.1. The lowest BCUT2D eigenvalue weighted by molar-refractivity contribution is -0.120. The second-order valence-electron chi connectivity index (χ2n) is 5.35. The molecule has 1 amide bonds. The summed E-state index contributed by atoms with van der Waals surface area (Å²) >= 11 is 3.09. The van der Waals surface area contributed by atoms with E-state index in [1.165, 1.54) is 20.3 Å². The summed E-state index contributed by atoms with van der Waals surface area (Å²) in [6.07, 6.45) is -0.866. The van der Waals surface area contributed by atoms with Crippen LogP contribution in [0.25, 0.3) is 0 Å². The molecule has 0 aliphatic rings. The van der Waals surface area contributed by atoms with E-state index in [1.807, 2.05) is 0 Å². The summed E-state index contributed by atoms with van der Waals surface area (Å²) in [6, 6.07) is 9.46. The van der Waals surface area contributed by atoms with Gasteiger partial charge in [-0.25, -0.2) is 4.39 Å². The number of halogens is 2. The zero-order chi connectivity index (χ0) is 18.4. The van der Waals surface area contributed by atoms with E-state index in [9.17, 15) is 14.3 Å².